The van der Waals surface area contributed by atoms with Crippen LogP contribution in [-0.2, 0) is 35.9 Å². The predicted octanol–water partition coefficient (Wildman–Crippen LogP) is 5.55. The summed E-state index contributed by atoms with van der Waals surface area (Å²) in [7, 11) is 0. The van der Waals surface area contributed by atoms with E-state index >= 15 is 0 Å². The number of hydrogen-bond donors (Lipinski definition) is 5. The molecule has 3 saturated heterocycles. The average Bonchev–Trinajstić information content (AvgIpc) is 4.05. The summed E-state index contributed by atoms with van der Waals surface area (Å²) in [5.41, 5.74) is 5.14. The first-order valence-electron chi connectivity index (χ1n) is 25.5. The standard InChI is InChI=1S/C54H65N11O8.ClH/c1-37(57-50(68)40-9-5-10-42(32-40)60-54(18-22-56-23-19-54)53-59-49(61-62-53)38-16-20-55-21-17-38)39-8-6-11-44(34-39)73-31-4-2-3-28-71-29-7-30-72-36-48(67)64-26-24-63(25-27-64)43-12-13-45-41(33-43)35-65(52(45)70)46-14-15-47(66)58-51(46)69;/h5-6,8-13,16-17,20-21,32-34,37,46,56,60H,2-4,7,14-15,18-19,22-31,35-36H2,1H3,(H,57,68)(H,58,66,69)(H,59,61,62);1H/t37-,46?;/m0./s1. The lowest BCUT2D eigenvalue weighted by Crippen LogP contribution is -2.52. The van der Waals surface area contributed by atoms with E-state index in [2.05, 4.69) is 41.3 Å². The predicted molar refractivity (Wildman–Crippen MR) is 280 cm³/mol. The molecule has 1 unspecified atom stereocenters. The van der Waals surface area contributed by atoms with Gasteiger partial charge in [0.1, 0.15) is 18.4 Å². The zero-order chi connectivity index (χ0) is 50.6. The van der Waals surface area contributed by atoms with Crippen molar-refractivity contribution in [3.8, 4) is 17.1 Å². The summed E-state index contributed by atoms with van der Waals surface area (Å²) in [5.74, 6) is 0.999. The summed E-state index contributed by atoms with van der Waals surface area (Å²) in [6.07, 6.45) is 9.02. The maximum Gasteiger partial charge on any atom is 0.255 e. The molecule has 5 amide bonds. The zero-order valence-corrected chi connectivity index (χ0v) is 42.6. The number of rotatable bonds is 22. The molecule has 20 heteroatoms. The van der Waals surface area contributed by atoms with Crippen LogP contribution in [0.15, 0.2) is 91.3 Å². The third kappa shape index (κ3) is 13.2. The number of anilines is 2. The molecule has 0 spiro atoms. The molecule has 5 N–H and O–H groups in total. The number of aromatic amines is 1. The van der Waals surface area contributed by atoms with E-state index in [0.29, 0.717) is 88.9 Å². The molecule has 4 aliphatic rings. The molecule has 19 nitrogen and oxygen atoms in total. The quantitative estimate of drug-likeness (QED) is 0.0424. The smallest absolute Gasteiger partial charge is 0.255 e. The van der Waals surface area contributed by atoms with Gasteiger partial charge in [-0.3, -0.25) is 39.4 Å². The van der Waals surface area contributed by atoms with Gasteiger partial charge in [0.05, 0.1) is 18.2 Å². The number of aromatic nitrogens is 4. The Bertz CT molecular complexity index is 2730. The van der Waals surface area contributed by atoms with Crippen LogP contribution in [0.5, 0.6) is 5.75 Å². The van der Waals surface area contributed by atoms with E-state index in [0.717, 1.165) is 84.8 Å². The SMILES string of the molecule is C[C@H](NC(=O)c1cccc(NC2(c3nc(-c4ccncc4)n[nH]3)CCNCC2)c1)c1cccc(OCCCCCOCCCOCC(=O)N2CCN(c3ccc4c(c3)CN(C3CCC(=O)NC3=O)C4=O)CC2)c1.Cl. The van der Waals surface area contributed by atoms with Crippen molar-refractivity contribution in [1.82, 2.24) is 45.9 Å². The zero-order valence-electron chi connectivity index (χ0n) is 41.8. The third-order valence-corrected chi connectivity index (χ3v) is 14.1. The van der Waals surface area contributed by atoms with Crippen LogP contribution in [0.25, 0.3) is 11.4 Å². The molecule has 74 heavy (non-hydrogen) atoms. The van der Waals surface area contributed by atoms with Crippen molar-refractivity contribution in [2.75, 3.05) is 82.5 Å². The average molecular weight is 1030 g/mol. The molecule has 0 saturated carbocycles. The maximum atomic E-state index is 13.6. The molecule has 6 heterocycles. The molecule has 2 atom stereocenters. The van der Waals surface area contributed by atoms with Crippen LogP contribution in [0.2, 0.25) is 0 Å². The van der Waals surface area contributed by atoms with Crippen LogP contribution in [-0.4, -0.2) is 138 Å². The van der Waals surface area contributed by atoms with Gasteiger partial charge in [-0.15, -0.1) is 12.4 Å². The van der Waals surface area contributed by atoms with Crippen molar-refractivity contribution in [3.05, 3.63) is 119 Å². The number of nitrogens with one attached hydrogen (secondary N) is 5. The van der Waals surface area contributed by atoms with Crippen molar-refractivity contribution >= 4 is 53.3 Å². The Kier molecular flexibility index (Phi) is 18.3. The first-order valence-corrected chi connectivity index (χ1v) is 25.5. The van der Waals surface area contributed by atoms with E-state index in [-0.39, 0.29) is 55.1 Å². The minimum Gasteiger partial charge on any atom is -0.494 e. The van der Waals surface area contributed by atoms with Gasteiger partial charge >= 0.3 is 0 Å². The lowest BCUT2D eigenvalue weighted by Gasteiger charge is -2.37. The van der Waals surface area contributed by atoms with Crippen molar-refractivity contribution in [2.24, 2.45) is 0 Å². The van der Waals surface area contributed by atoms with Crippen LogP contribution >= 0.6 is 12.4 Å². The normalized spacial score (nSPS) is 17.8. The Morgan fingerprint density at radius 2 is 1.62 bits per heavy atom. The summed E-state index contributed by atoms with van der Waals surface area (Å²) >= 11 is 0. The second kappa shape index (κ2) is 25.3. The van der Waals surface area contributed by atoms with Gasteiger partial charge in [-0.25, -0.2) is 4.98 Å². The summed E-state index contributed by atoms with van der Waals surface area (Å²) in [6.45, 7) is 8.61. The topological polar surface area (TPSA) is 225 Å². The second-order valence-corrected chi connectivity index (χ2v) is 19.1. The molecule has 5 aromatic rings. The van der Waals surface area contributed by atoms with E-state index in [1.54, 1.807) is 17.3 Å². The molecule has 4 aliphatic heterocycles. The molecule has 2 aromatic heterocycles. The van der Waals surface area contributed by atoms with Gasteiger partial charge in [-0.2, -0.15) is 5.10 Å². The van der Waals surface area contributed by atoms with Crippen molar-refractivity contribution < 1.29 is 38.2 Å². The number of carbonyl (C=O) groups excluding carboxylic acids is 5. The lowest BCUT2D eigenvalue weighted by molar-refractivity contribution is -0.137. The van der Waals surface area contributed by atoms with E-state index < -0.39 is 17.5 Å². The van der Waals surface area contributed by atoms with Crippen LogP contribution in [0.3, 0.4) is 0 Å². The number of hydrogen-bond acceptors (Lipinski definition) is 14. The largest absolute Gasteiger partial charge is 0.494 e. The van der Waals surface area contributed by atoms with E-state index in [1.807, 2.05) is 90.7 Å². The number of nitrogens with zero attached hydrogens (tertiary/aromatic N) is 6. The Hall–Kier alpha value is -6.93. The van der Waals surface area contributed by atoms with Crippen molar-refractivity contribution in [3.63, 3.8) is 0 Å². The van der Waals surface area contributed by atoms with Gasteiger partial charge in [-0.05, 0) is 137 Å². The summed E-state index contributed by atoms with van der Waals surface area (Å²) in [4.78, 5) is 78.2. The number of halogens is 1. The van der Waals surface area contributed by atoms with Gasteiger partial charge in [0.2, 0.25) is 17.7 Å². The first-order chi connectivity index (χ1) is 35.6. The Labute approximate surface area is 437 Å². The lowest BCUT2D eigenvalue weighted by atomic mass is 9.87. The highest BCUT2D eigenvalue weighted by Crippen LogP contribution is 2.35. The number of carbonyl (C=O) groups is 5. The fourth-order valence-corrected chi connectivity index (χ4v) is 9.89. The second-order valence-electron chi connectivity index (χ2n) is 19.1. The number of ether oxygens (including phenoxy) is 3. The van der Waals surface area contributed by atoms with E-state index in [4.69, 9.17) is 19.2 Å². The highest BCUT2D eigenvalue weighted by atomic mass is 35.5. The van der Waals surface area contributed by atoms with Gasteiger partial charge in [0.25, 0.3) is 11.8 Å². The molecule has 0 aliphatic carbocycles. The first kappa shape index (κ1) is 53.4. The monoisotopic (exact) mass is 1030 g/mol. The number of H-pyrrole nitrogens is 1. The summed E-state index contributed by atoms with van der Waals surface area (Å²) in [6, 6.07) is 24.0. The number of amides is 5. The fourth-order valence-electron chi connectivity index (χ4n) is 9.89. The van der Waals surface area contributed by atoms with Gasteiger partial charge in [0, 0.05) is 99.4 Å². The highest BCUT2D eigenvalue weighted by Gasteiger charge is 2.40. The van der Waals surface area contributed by atoms with Crippen LogP contribution < -0.4 is 30.9 Å². The van der Waals surface area contributed by atoms with Crippen molar-refractivity contribution in [1.29, 1.82) is 0 Å². The Morgan fingerprint density at radius 1 is 0.851 bits per heavy atom. The van der Waals surface area contributed by atoms with E-state index in [1.165, 1.54) is 0 Å². The Morgan fingerprint density at radius 3 is 2.43 bits per heavy atom. The maximum absolute atomic E-state index is 13.6. The Balaban J connectivity index is 0.00000729. The van der Waals surface area contributed by atoms with Crippen LogP contribution in [0.1, 0.15) is 102 Å². The van der Waals surface area contributed by atoms with Crippen molar-refractivity contribution in [2.45, 2.75) is 82.5 Å². The number of fused-ring (bicyclic) bond motifs is 1. The molecule has 392 valence electrons. The molecular weight excluding hydrogens is 966 g/mol. The highest BCUT2D eigenvalue weighted by molar-refractivity contribution is 6.05. The minimum absolute atomic E-state index is 0. The molecular formula is C54H66ClN11O8. The van der Waals surface area contributed by atoms with Gasteiger partial charge < -0.3 is 44.9 Å². The number of piperidine rings is 2. The molecule has 9 rings (SSSR count). The molecule has 3 fully saturated rings. The van der Waals surface area contributed by atoms with Crippen LogP contribution in [0.4, 0.5) is 11.4 Å². The number of piperazine rings is 1. The fraction of sp³-hybridized carbons (Fsp3) is 0.444. The van der Waals surface area contributed by atoms with Crippen LogP contribution in [0, 0.1) is 0 Å². The third-order valence-electron chi connectivity index (χ3n) is 14.1. The summed E-state index contributed by atoms with van der Waals surface area (Å²) < 4.78 is 17.6. The number of imide groups is 1. The molecule has 0 radical (unpaired) electrons. The number of unbranched alkanes of at least 4 members (excludes halogenated alkanes) is 2. The number of pyridine rings is 1. The summed E-state index contributed by atoms with van der Waals surface area (Å²) in [5, 5.41) is 20.4. The number of benzene rings is 3. The molecule has 3 aromatic carbocycles. The van der Waals surface area contributed by atoms with E-state index in [9.17, 15) is 24.0 Å². The van der Waals surface area contributed by atoms with Gasteiger partial charge in [0.15, 0.2) is 11.6 Å². The van der Waals surface area contributed by atoms with Gasteiger partial charge in [-0.1, -0.05) is 18.2 Å². The molecule has 0 bridgehead atoms. The minimum atomic E-state index is -0.644.